The molecule has 0 saturated carbocycles. The predicted molar refractivity (Wildman–Crippen MR) is 63.2 cm³/mol. The highest BCUT2D eigenvalue weighted by molar-refractivity contribution is 9.10. The summed E-state index contributed by atoms with van der Waals surface area (Å²) in [7, 11) is 0. The summed E-state index contributed by atoms with van der Waals surface area (Å²) in [6, 6.07) is 6.94. The highest BCUT2D eigenvalue weighted by Crippen LogP contribution is 2.25. The Balaban J connectivity index is 2.68. The minimum absolute atomic E-state index is 0.227. The highest BCUT2D eigenvalue weighted by Gasteiger charge is 2.10. The first-order valence-corrected chi connectivity index (χ1v) is 5.45. The van der Waals surface area contributed by atoms with E-state index in [1.807, 2.05) is 0 Å². The highest BCUT2D eigenvalue weighted by atomic mass is 79.9. The van der Waals surface area contributed by atoms with Crippen LogP contribution in [-0.4, -0.2) is 9.38 Å². The standard InChI is InChI=1S/C11H6BrFN2O/c12-7-4-3-6-8-2-1-5-15(8)11(16)14-10(6)9(7)13/h1-5H,(H,14,16). The van der Waals surface area contributed by atoms with Crippen LogP contribution in [0, 0.1) is 5.82 Å². The van der Waals surface area contributed by atoms with E-state index in [9.17, 15) is 9.18 Å². The van der Waals surface area contributed by atoms with Crippen LogP contribution in [0.2, 0.25) is 0 Å². The minimum Gasteiger partial charge on any atom is -0.304 e. The van der Waals surface area contributed by atoms with E-state index in [4.69, 9.17) is 0 Å². The lowest BCUT2D eigenvalue weighted by atomic mass is 10.2. The Bertz CT molecular complexity index is 760. The average molecular weight is 281 g/mol. The largest absolute Gasteiger partial charge is 0.330 e. The maximum Gasteiger partial charge on any atom is 0.330 e. The zero-order chi connectivity index (χ0) is 11.3. The van der Waals surface area contributed by atoms with Gasteiger partial charge in [-0.25, -0.2) is 9.18 Å². The molecule has 1 aromatic carbocycles. The van der Waals surface area contributed by atoms with Crippen LogP contribution in [0.1, 0.15) is 0 Å². The molecule has 0 fully saturated rings. The number of halogens is 2. The summed E-state index contributed by atoms with van der Waals surface area (Å²) in [6.45, 7) is 0. The first kappa shape index (κ1) is 9.59. The molecule has 0 aliphatic carbocycles. The van der Waals surface area contributed by atoms with Gasteiger partial charge in [-0.15, -0.1) is 0 Å². The van der Waals surface area contributed by atoms with Crippen molar-refractivity contribution in [3.05, 3.63) is 51.2 Å². The van der Waals surface area contributed by atoms with Gasteiger partial charge in [0.1, 0.15) is 0 Å². The number of nitrogens with zero attached hydrogens (tertiary/aromatic N) is 1. The number of hydrogen-bond acceptors (Lipinski definition) is 1. The first-order valence-electron chi connectivity index (χ1n) is 4.65. The fourth-order valence-electron chi connectivity index (χ4n) is 1.83. The molecule has 0 aliphatic rings. The summed E-state index contributed by atoms with van der Waals surface area (Å²) in [5.41, 5.74) is 0.584. The maximum atomic E-state index is 13.8. The number of benzene rings is 1. The number of aromatic amines is 1. The van der Waals surface area contributed by atoms with Crippen LogP contribution < -0.4 is 5.69 Å². The quantitative estimate of drug-likeness (QED) is 0.676. The van der Waals surface area contributed by atoms with Gasteiger partial charge in [-0.1, -0.05) is 0 Å². The van der Waals surface area contributed by atoms with Gasteiger partial charge in [0.25, 0.3) is 0 Å². The van der Waals surface area contributed by atoms with Crippen LogP contribution in [-0.2, 0) is 0 Å². The van der Waals surface area contributed by atoms with Crippen molar-refractivity contribution in [1.29, 1.82) is 0 Å². The van der Waals surface area contributed by atoms with Crippen LogP contribution in [0.15, 0.2) is 39.7 Å². The number of fused-ring (bicyclic) bond motifs is 3. The lowest BCUT2D eigenvalue weighted by molar-refractivity contribution is 0.629. The van der Waals surface area contributed by atoms with E-state index in [0.29, 0.717) is 15.4 Å². The Morgan fingerprint density at radius 1 is 1.31 bits per heavy atom. The Morgan fingerprint density at radius 2 is 2.12 bits per heavy atom. The fourth-order valence-corrected chi connectivity index (χ4v) is 2.16. The molecule has 0 radical (unpaired) electrons. The molecule has 80 valence electrons. The Morgan fingerprint density at radius 3 is 2.94 bits per heavy atom. The first-order chi connectivity index (χ1) is 7.68. The van der Waals surface area contributed by atoms with Crippen molar-refractivity contribution < 1.29 is 4.39 Å². The van der Waals surface area contributed by atoms with Gasteiger partial charge < -0.3 is 4.98 Å². The molecule has 5 heteroatoms. The van der Waals surface area contributed by atoms with Crippen molar-refractivity contribution in [3.63, 3.8) is 0 Å². The molecule has 0 unspecified atom stereocenters. The van der Waals surface area contributed by atoms with E-state index in [2.05, 4.69) is 20.9 Å². The number of rotatable bonds is 0. The monoisotopic (exact) mass is 280 g/mol. The minimum atomic E-state index is -0.446. The summed E-state index contributed by atoms with van der Waals surface area (Å²) in [5, 5.41) is 0.685. The average Bonchev–Trinajstić information content (AvgIpc) is 2.74. The van der Waals surface area contributed by atoms with Gasteiger partial charge in [0, 0.05) is 11.6 Å². The molecule has 2 aromatic heterocycles. The van der Waals surface area contributed by atoms with Gasteiger partial charge in [-0.05, 0) is 40.2 Å². The smallest absolute Gasteiger partial charge is 0.304 e. The summed E-state index contributed by atoms with van der Waals surface area (Å²) >= 11 is 3.09. The summed E-state index contributed by atoms with van der Waals surface area (Å²) in [5.74, 6) is -0.446. The maximum absolute atomic E-state index is 13.8. The molecule has 0 amide bonds. The topological polar surface area (TPSA) is 37.3 Å². The molecule has 2 heterocycles. The van der Waals surface area contributed by atoms with Crippen molar-refractivity contribution in [1.82, 2.24) is 9.38 Å². The second-order valence-electron chi connectivity index (χ2n) is 3.48. The van der Waals surface area contributed by atoms with Gasteiger partial charge in [0.2, 0.25) is 0 Å². The lowest BCUT2D eigenvalue weighted by Crippen LogP contribution is -2.15. The fraction of sp³-hybridized carbons (Fsp3) is 0. The van der Waals surface area contributed by atoms with Gasteiger partial charge >= 0.3 is 5.69 Å². The van der Waals surface area contributed by atoms with Crippen molar-refractivity contribution in [3.8, 4) is 0 Å². The van der Waals surface area contributed by atoms with Crippen LogP contribution in [0.5, 0.6) is 0 Å². The molecule has 0 bridgehead atoms. The van der Waals surface area contributed by atoms with Gasteiger partial charge in [0.05, 0.1) is 15.5 Å². The van der Waals surface area contributed by atoms with Gasteiger partial charge in [-0.2, -0.15) is 0 Å². The third kappa shape index (κ3) is 1.15. The zero-order valence-corrected chi connectivity index (χ0v) is 9.58. The number of nitrogens with one attached hydrogen (secondary N) is 1. The number of aromatic nitrogens is 2. The molecule has 3 nitrogen and oxygen atoms in total. The predicted octanol–water partition coefficient (Wildman–Crippen LogP) is 2.68. The second-order valence-corrected chi connectivity index (χ2v) is 4.33. The summed E-state index contributed by atoms with van der Waals surface area (Å²) < 4.78 is 15.6. The summed E-state index contributed by atoms with van der Waals surface area (Å²) in [6.07, 6.45) is 1.65. The zero-order valence-electron chi connectivity index (χ0n) is 8.00. The third-order valence-electron chi connectivity index (χ3n) is 2.57. The Hall–Kier alpha value is -1.62. The molecular formula is C11H6BrFN2O. The van der Waals surface area contributed by atoms with Crippen LogP contribution in [0.25, 0.3) is 16.4 Å². The SMILES string of the molecule is O=c1[nH]c2c(F)c(Br)ccc2c2cccn12. The van der Waals surface area contributed by atoms with Crippen LogP contribution in [0.4, 0.5) is 4.39 Å². The number of H-pyrrole nitrogens is 1. The molecule has 3 aromatic rings. The molecular weight excluding hydrogens is 275 g/mol. The van der Waals surface area contributed by atoms with Crippen molar-refractivity contribution in [2.75, 3.05) is 0 Å². The molecule has 0 aliphatic heterocycles. The third-order valence-corrected chi connectivity index (χ3v) is 3.18. The van der Waals surface area contributed by atoms with Crippen LogP contribution >= 0.6 is 15.9 Å². The number of hydrogen-bond donors (Lipinski definition) is 1. The normalized spacial score (nSPS) is 11.4. The molecule has 3 rings (SSSR count). The van der Waals surface area contributed by atoms with E-state index in [-0.39, 0.29) is 11.2 Å². The van der Waals surface area contributed by atoms with E-state index in [1.54, 1.807) is 30.5 Å². The lowest BCUT2D eigenvalue weighted by Gasteiger charge is -2.03. The summed E-state index contributed by atoms with van der Waals surface area (Å²) in [4.78, 5) is 14.2. The van der Waals surface area contributed by atoms with Crippen molar-refractivity contribution in [2.45, 2.75) is 0 Å². The molecule has 0 spiro atoms. The molecule has 0 saturated heterocycles. The Labute approximate surface area is 97.6 Å². The molecule has 1 N–H and O–H groups in total. The van der Waals surface area contributed by atoms with E-state index in [0.717, 1.165) is 0 Å². The van der Waals surface area contributed by atoms with Gasteiger partial charge in [0.15, 0.2) is 5.82 Å². The van der Waals surface area contributed by atoms with E-state index in [1.165, 1.54) is 4.40 Å². The van der Waals surface area contributed by atoms with Crippen LogP contribution in [0.3, 0.4) is 0 Å². The van der Waals surface area contributed by atoms with E-state index < -0.39 is 5.82 Å². The Kier molecular flexibility index (Phi) is 1.91. The molecule has 16 heavy (non-hydrogen) atoms. The van der Waals surface area contributed by atoms with Gasteiger partial charge in [-0.3, -0.25) is 4.40 Å². The molecule has 0 atom stereocenters. The van der Waals surface area contributed by atoms with E-state index >= 15 is 0 Å². The second kappa shape index (κ2) is 3.18. The van der Waals surface area contributed by atoms with Crippen molar-refractivity contribution in [2.24, 2.45) is 0 Å². The van der Waals surface area contributed by atoms with Crippen molar-refractivity contribution >= 4 is 32.3 Å².